The van der Waals surface area contributed by atoms with Crippen molar-refractivity contribution in [1.82, 2.24) is 9.78 Å². The van der Waals surface area contributed by atoms with Crippen LogP contribution in [0.15, 0.2) is 41.1 Å². The minimum atomic E-state index is -0.105. The predicted molar refractivity (Wildman–Crippen MR) is 63.4 cm³/mol. The maximum absolute atomic E-state index is 6.11. The van der Waals surface area contributed by atoms with Gasteiger partial charge in [0.1, 0.15) is 0 Å². The van der Waals surface area contributed by atoms with Crippen LogP contribution in [-0.2, 0) is 7.05 Å². The van der Waals surface area contributed by atoms with E-state index in [1.54, 1.807) is 10.9 Å². The standard InChI is InChI=1S/C11H12BrN3/c1-15-7-9(6-14-15)11(13)8-2-4-10(12)5-3-8/h2-7,11H,13H2,1H3. The van der Waals surface area contributed by atoms with Gasteiger partial charge in [0.25, 0.3) is 0 Å². The number of hydrogen-bond donors (Lipinski definition) is 1. The molecule has 2 N–H and O–H groups in total. The molecular weight excluding hydrogens is 254 g/mol. The van der Waals surface area contributed by atoms with Crippen LogP contribution in [-0.4, -0.2) is 9.78 Å². The average molecular weight is 266 g/mol. The lowest BCUT2D eigenvalue weighted by molar-refractivity contribution is 0.765. The number of rotatable bonds is 2. The zero-order chi connectivity index (χ0) is 10.8. The summed E-state index contributed by atoms with van der Waals surface area (Å²) in [5.74, 6) is 0. The quantitative estimate of drug-likeness (QED) is 0.905. The molecule has 1 unspecified atom stereocenters. The Morgan fingerprint density at radius 1 is 1.27 bits per heavy atom. The van der Waals surface area contributed by atoms with E-state index in [4.69, 9.17) is 5.73 Å². The number of benzene rings is 1. The van der Waals surface area contributed by atoms with Gasteiger partial charge >= 0.3 is 0 Å². The van der Waals surface area contributed by atoms with E-state index in [1.807, 2.05) is 37.5 Å². The third-order valence-corrected chi connectivity index (χ3v) is 2.84. The van der Waals surface area contributed by atoms with Crippen LogP contribution in [0, 0.1) is 0 Å². The van der Waals surface area contributed by atoms with Gasteiger partial charge in [-0.3, -0.25) is 4.68 Å². The summed E-state index contributed by atoms with van der Waals surface area (Å²) in [7, 11) is 1.89. The lowest BCUT2D eigenvalue weighted by Crippen LogP contribution is -2.10. The van der Waals surface area contributed by atoms with Gasteiger partial charge in [0, 0.05) is 23.3 Å². The first kappa shape index (κ1) is 10.4. The van der Waals surface area contributed by atoms with Crippen LogP contribution in [0.4, 0.5) is 0 Å². The van der Waals surface area contributed by atoms with Crippen molar-refractivity contribution in [1.29, 1.82) is 0 Å². The second-order valence-corrected chi connectivity index (χ2v) is 4.39. The van der Waals surface area contributed by atoms with Crippen LogP contribution in [0.25, 0.3) is 0 Å². The van der Waals surface area contributed by atoms with Crippen LogP contribution in [0.5, 0.6) is 0 Å². The van der Waals surface area contributed by atoms with Gasteiger partial charge in [0.2, 0.25) is 0 Å². The highest BCUT2D eigenvalue weighted by atomic mass is 79.9. The fourth-order valence-electron chi connectivity index (χ4n) is 1.46. The van der Waals surface area contributed by atoms with Gasteiger partial charge in [0.15, 0.2) is 0 Å². The molecule has 3 nitrogen and oxygen atoms in total. The van der Waals surface area contributed by atoms with Gasteiger partial charge in [-0.25, -0.2) is 0 Å². The third-order valence-electron chi connectivity index (χ3n) is 2.31. The molecule has 0 aliphatic carbocycles. The Hall–Kier alpha value is -1.13. The van der Waals surface area contributed by atoms with Crippen molar-refractivity contribution in [2.75, 3.05) is 0 Å². The summed E-state index contributed by atoms with van der Waals surface area (Å²) in [5, 5.41) is 4.11. The molecule has 0 saturated carbocycles. The molecule has 1 heterocycles. The van der Waals surface area contributed by atoms with Gasteiger partial charge < -0.3 is 5.73 Å². The summed E-state index contributed by atoms with van der Waals surface area (Å²) < 4.78 is 2.82. The number of nitrogens with zero attached hydrogens (tertiary/aromatic N) is 2. The number of nitrogens with two attached hydrogens (primary N) is 1. The summed E-state index contributed by atoms with van der Waals surface area (Å²) in [6.45, 7) is 0. The van der Waals surface area contributed by atoms with Crippen molar-refractivity contribution in [3.63, 3.8) is 0 Å². The van der Waals surface area contributed by atoms with E-state index in [0.29, 0.717) is 0 Å². The first-order valence-corrected chi connectivity index (χ1v) is 5.45. The lowest BCUT2D eigenvalue weighted by Gasteiger charge is -2.09. The summed E-state index contributed by atoms with van der Waals surface area (Å²) in [6.07, 6.45) is 3.74. The Kier molecular flexibility index (Phi) is 2.88. The molecule has 0 aliphatic rings. The predicted octanol–water partition coefficient (Wildman–Crippen LogP) is 2.23. The highest BCUT2D eigenvalue weighted by molar-refractivity contribution is 9.10. The Morgan fingerprint density at radius 3 is 2.47 bits per heavy atom. The van der Waals surface area contributed by atoms with Gasteiger partial charge in [-0.15, -0.1) is 0 Å². The Morgan fingerprint density at radius 2 is 1.93 bits per heavy atom. The van der Waals surface area contributed by atoms with E-state index in [-0.39, 0.29) is 6.04 Å². The maximum atomic E-state index is 6.11. The molecule has 78 valence electrons. The molecule has 1 atom stereocenters. The van der Waals surface area contributed by atoms with Crippen LogP contribution in [0.3, 0.4) is 0 Å². The average Bonchev–Trinajstić information content (AvgIpc) is 2.65. The van der Waals surface area contributed by atoms with E-state index in [0.717, 1.165) is 15.6 Å². The molecule has 1 aromatic carbocycles. The fourth-order valence-corrected chi connectivity index (χ4v) is 1.73. The highest BCUT2D eigenvalue weighted by Gasteiger charge is 2.09. The number of aromatic nitrogens is 2. The van der Waals surface area contributed by atoms with Crippen molar-refractivity contribution >= 4 is 15.9 Å². The molecule has 0 bridgehead atoms. The zero-order valence-electron chi connectivity index (χ0n) is 8.39. The monoisotopic (exact) mass is 265 g/mol. The normalized spacial score (nSPS) is 12.7. The van der Waals surface area contributed by atoms with Crippen LogP contribution in [0.1, 0.15) is 17.2 Å². The second kappa shape index (κ2) is 4.16. The van der Waals surface area contributed by atoms with Gasteiger partial charge in [-0.05, 0) is 17.7 Å². The first-order chi connectivity index (χ1) is 7.16. The van der Waals surface area contributed by atoms with E-state index in [2.05, 4.69) is 21.0 Å². The zero-order valence-corrected chi connectivity index (χ0v) is 9.98. The third kappa shape index (κ3) is 2.27. The molecule has 2 rings (SSSR count). The Balaban J connectivity index is 2.28. The smallest absolute Gasteiger partial charge is 0.0582 e. The molecule has 2 aromatic rings. The molecule has 0 fully saturated rings. The molecule has 15 heavy (non-hydrogen) atoms. The van der Waals surface area contributed by atoms with E-state index in [9.17, 15) is 0 Å². The molecule has 0 saturated heterocycles. The summed E-state index contributed by atoms with van der Waals surface area (Å²) in [6, 6.07) is 7.91. The first-order valence-electron chi connectivity index (χ1n) is 4.66. The Bertz CT molecular complexity index is 447. The molecule has 0 amide bonds. The number of halogens is 1. The molecular formula is C11H12BrN3. The van der Waals surface area contributed by atoms with E-state index >= 15 is 0 Å². The topological polar surface area (TPSA) is 43.8 Å². The van der Waals surface area contributed by atoms with E-state index < -0.39 is 0 Å². The molecule has 1 aromatic heterocycles. The lowest BCUT2D eigenvalue weighted by atomic mass is 10.0. The second-order valence-electron chi connectivity index (χ2n) is 3.48. The van der Waals surface area contributed by atoms with Crippen molar-refractivity contribution in [2.24, 2.45) is 12.8 Å². The van der Waals surface area contributed by atoms with Crippen LogP contribution < -0.4 is 5.73 Å². The van der Waals surface area contributed by atoms with Crippen molar-refractivity contribution in [3.8, 4) is 0 Å². The Labute approximate surface area is 97.0 Å². The van der Waals surface area contributed by atoms with Crippen molar-refractivity contribution in [2.45, 2.75) is 6.04 Å². The maximum Gasteiger partial charge on any atom is 0.0582 e. The number of hydrogen-bond acceptors (Lipinski definition) is 2. The molecule has 4 heteroatoms. The highest BCUT2D eigenvalue weighted by Crippen LogP contribution is 2.20. The van der Waals surface area contributed by atoms with Crippen molar-refractivity contribution in [3.05, 3.63) is 52.3 Å². The number of aryl methyl sites for hydroxylation is 1. The van der Waals surface area contributed by atoms with Gasteiger partial charge in [-0.2, -0.15) is 5.10 Å². The summed E-state index contributed by atoms with van der Waals surface area (Å²) in [5.41, 5.74) is 8.23. The molecule has 0 radical (unpaired) electrons. The fraction of sp³-hybridized carbons (Fsp3) is 0.182. The minimum absolute atomic E-state index is 0.105. The SMILES string of the molecule is Cn1cc(C(N)c2ccc(Br)cc2)cn1. The van der Waals surface area contributed by atoms with Crippen molar-refractivity contribution < 1.29 is 0 Å². The largest absolute Gasteiger partial charge is 0.320 e. The summed E-state index contributed by atoms with van der Waals surface area (Å²) >= 11 is 3.40. The molecule has 0 spiro atoms. The van der Waals surface area contributed by atoms with Gasteiger partial charge in [0.05, 0.1) is 12.2 Å². The van der Waals surface area contributed by atoms with Gasteiger partial charge in [-0.1, -0.05) is 28.1 Å². The van der Waals surface area contributed by atoms with Crippen LogP contribution in [0.2, 0.25) is 0 Å². The molecule has 0 aliphatic heterocycles. The minimum Gasteiger partial charge on any atom is -0.320 e. The summed E-state index contributed by atoms with van der Waals surface area (Å²) in [4.78, 5) is 0. The van der Waals surface area contributed by atoms with E-state index in [1.165, 1.54) is 0 Å². The van der Waals surface area contributed by atoms with Crippen LogP contribution >= 0.6 is 15.9 Å².